The molecule has 1 aliphatic carbocycles. The first kappa shape index (κ1) is 10.6. The molecule has 17 heavy (non-hydrogen) atoms. The van der Waals surface area contributed by atoms with E-state index in [0.29, 0.717) is 12.0 Å². The second-order valence-electron chi connectivity index (χ2n) is 4.79. The van der Waals surface area contributed by atoms with Crippen molar-refractivity contribution in [2.24, 2.45) is 0 Å². The van der Waals surface area contributed by atoms with E-state index in [1.165, 1.54) is 23.1 Å². The zero-order valence-corrected chi connectivity index (χ0v) is 10.0. The van der Waals surface area contributed by atoms with Crippen molar-refractivity contribution < 1.29 is 4.42 Å². The first-order chi connectivity index (χ1) is 8.34. The highest BCUT2D eigenvalue weighted by atomic mass is 16.3. The van der Waals surface area contributed by atoms with Crippen molar-refractivity contribution >= 4 is 0 Å². The van der Waals surface area contributed by atoms with Gasteiger partial charge in [0.05, 0.1) is 12.5 Å². The van der Waals surface area contributed by atoms with Crippen molar-refractivity contribution in [3.05, 3.63) is 59.5 Å². The first-order valence-electron chi connectivity index (χ1n) is 6.18. The smallest absolute Gasteiger partial charge is 0.0950 e. The van der Waals surface area contributed by atoms with Crippen LogP contribution in [0.5, 0.6) is 0 Å². The molecule has 0 amide bonds. The van der Waals surface area contributed by atoms with E-state index in [1.807, 2.05) is 12.3 Å². The molecule has 1 aromatic heterocycles. The third-order valence-electron chi connectivity index (χ3n) is 3.67. The molecular weight excluding hydrogens is 210 g/mol. The molecule has 3 rings (SSSR count). The Kier molecular flexibility index (Phi) is 2.73. The molecule has 1 aromatic carbocycles. The standard InChI is InChI=1S/C15H17NO/c1-11(13-6-7-17-10-13)16-9-14-8-12-4-2-3-5-15(12)14/h2-7,10-11,14,16H,8-9H2,1H3. The van der Waals surface area contributed by atoms with Crippen LogP contribution in [0.4, 0.5) is 0 Å². The van der Waals surface area contributed by atoms with Gasteiger partial charge >= 0.3 is 0 Å². The minimum atomic E-state index is 0.363. The Hall–Kier alpha value is -1.54. The summed E-state index contributed by atoms with van der Waals surface area (Å²) in [5.74, 6) is 0.681. The molecule has 0 fully saturated rings. The van der Waals surface area contributed by atoms with E-state index >= 15 is 0 Å². The van der Waals surface area contributed by atoms with Gasteiger partial charge in [-0.15, -0.1) is 0 Å². The molecule has 0 radical (unpaired) electrons. The van der Waals surface area contributed by atoms with Crippen LogP contribution in [0.1, 0.15) is 35.6 Å². The van der Waals surface area contributed by atoms with Crippen molar-refractivity contribution in [3.8, 4) is 0 Å². The van der Waals surface area contributed by atoms with Crippen molar-refractivity contribution in [2.45, 2.75) is 25.3 Å². The minimum absolute atomic E-state index is 0.363. The van der Waals surface area contributed by atoms with Gasteiger partial charge in [-0.2, -0.15) is 0 Å². The molecule has 1 heterocycles. The second kappa shape index (κ2) is 4.38. The fourth-order valence-corrected chi connectivity index (χ4v) is 2.50. The lowest BCUT2D eigenvalue weighted by molar-refractivity contribution is 0.483. The number of benzene rings is 1. The van der Waals surface area contributed by atoms with Crippen molar-refractivity contribution in [2.75, 3.05) is 6.54 Å². The predicted octanol–water partition coefficient (Wildman–Crippen LogP) is 3.27. The van der Waals surface area contributed by atoms with Crippen LogP contribution in [-0.4, -0.2) is 6.54 Å². The molecule has 0 saturated carbocycles. The van der Waals surface area contributed by atoms with Gasteiger partial charge in [-0.1, -0.05) is 24.3 Å². The Morgan fingerprint density at radius 2 is 2.24 bits per heavy atom. The molecule has 1 aliphatic rings. The topological polar surface area (TPSA) is 25.2 Å². The average molecular weight is 227 g/mol. The molecule has 0 bridgehead atoms. The molecule has 0 saturated heterocycles. The van der Waals surface area contributed by atoms with Gasteiger partial charge in [-0.3, -0.25) is 0 Å². The van der Waals surface area contributed by atoms with E-state index in [4.69, 9.17) is 4.42 Å². The average Bonchev–Trinajstić information content (AvgIpc) is 2.83. The van der Waals surface area contributed by atoms with Crippen molar-refractivity contribution in [1.29, 1.82) is 0 Å². The first-order valence-corrected chi connectivity index (χ1v) is 6.18. The molecule has 1 N–H and O–H groups in total. The summed E-state index contributed by atoms with van der Waals surface area (Å²) < 4.78 is 5.10. The minimum Gasteiger partial charge on any atom is -0.472 e. The monoisotopic (exact) mass is 227 g/mol. The van der Waals surface area contributed by atoms with Crippen LogP contribution in [0.3, 0.4) is 0 Å². The maximum atomic E-state index is 5.10. The Morgan fingerprint density at radius 3 is 3.00 bits per heavy atom. The third-order valence-corrected chi connectivity index (χ3v) is 3.67. The van der Waals surface area contributed by atoms with E-state index < -0.39 is 0 Å². The van der Waals surface area contributed by atoms with Gasteiger partial charge in [0.2, 0.25) is 0 Å². The zero-order valence-electron chi connectivity index (χ0n) is 10.0. The van der Waals surface area contributed by atoms with Crippen LogP contribution < -0.4 is 5.32 Å². The number of fused-ring (bicyclic) bond motifs is 1. The molecule has 88 valence electrons. The van der Waals surface area contributed by atoms with Crippen molar-refractivity contribution in [1.82, 2.24) is 5.32 Å². The van der Waals surface area contributed by atoms with E-state index in [0.717, 1.165) is 6.54 Å². The van der Waals surface area contributed by atoms with Gasteiger partial charge < -0.3 is 9.73 Å². The SMILES string of the molecule is CC(NCC1Cc2ccccc21)c1ccoc1. The fourth-order valence-electron chi connectivity index (χ4n) is 2.50. The zero-order chi connectivity index (χ0) is 11.7. The second-order valence-corrected chi connectivity index (χ2v) is 4.79. The van der Waals surface area contributed by atoms with Gasteiger partial charge in [-0.25, -0.2) is 0 Å². The maximum Gasteiger partial charge on any atom is 0.0950 e. The van der Waals surface area contributed by atoms with Crippen LogP contribution in [0, 0.1) is 0 Å². The summed E-state index contributed by atoms with van der Waals surface area (Å²) in [4.78, 5) is 0. The fraction of sp³-hybridized carbons (Fsp3) is 0.333. The number of nitrogens with one attached hydrogen (secondary N) is 1. The van der Waals surface area contributed by atoms with Gasteiger partial charge in [0, 0.05) is 24.1 Å². The lowest BCUT2D eigenvalue weighted by Gasteiger charge is -2.31. The highest BCUT2D eigenvalue weighted by Gasteiger charge is 2.25. The summed E-state index contributed by atoms with van der Waals surface area (Å²) >= 11 is 0. The van der Waals surface area contributed by atoms with E-state index in [9.17, 15) is 0 Å². The summed E-state index contributed by atoms with van der Waals surface area (Å²) in [5.41, 5.74) is 4.24. The summed E-state index contributed by atoms with van der Waals surface area (Å²) in [6.07, 6.45) is 4.75. The number of rotatable bonds is 4. The lowest BCUT2D eigenvalue weighted by atomic mass is 9.77. The van der Waals surface area contributed by atoms with Crippen LogP contribution in [0.2, 0.25) is 0 Å². The van der Waals surface area contributed by atoms with E-state index in [-0.39, 0.29) is 0 Å². The largest absolute Gasteiger partial charge is 0.472 e. The van der Waals surface area contributed by atoms with Crippen LogP contribution in [0.15, 0.2) is 47.3 Å². The normalized spacial score (nSPS) is 19.5. The highest BCUT2D eigenvalue weighted by molar-refractivity contribution is 5.40. The maximum absolute atomic E-state index is 5.10. The third kappa shape index (κ3) is 2.01. The van der Waals surface area contributed by atoms with Crippen molar-refractivity contribution in [3.63, 3.8) is 0 Å². The Balaban J connectivity index is 1.57. The highest BCUT2D eigenvalue weighted by Crippen LogP contribution is 2.34. The predicted molar refractivity (Wildman–Crippen MR) is 68.0 cm³/mol. The van der Waals surface area contributed by atoms with Crippen LogP contribution >= 0.6 is 0 Å². The molecule has 2 unspecified atom stereocenters. The molecule has 0 aliphatic heterocycles. The summed E-state index contributed by atoms with van der Waals surface area (Å²) in [5, 5.41) is 3.57. The number of hydrogen-bond acceptors (Lipinski definition) is 2. The molecule has 2 aromatic rings. The molecule has 2 nitrogen and oxygen atoms in total. The molecular formula is C15H17NO. The molecule has 0 spiro atoms. The van der Waals surface area contributed by atoms with Crippen LogP contribution in [-0.2, 0) is 6.42 Å². The van der Waals surface area contributed by atoms with E-state index in [1.54, 1.807) is 6.26 Å². The van der Waals surface area contributed by atoms with Gasteiger partial charge in [0.15, 0.2) is 0 Å². The lowest BCUT2D eigenvalue weighted by Crippen LogP contribution is -2.30. The molecule has 2 atom stereocenters. The van der Waals surface area contributed by atoms with Crippen LogP contribution in [0.25, 0.3) is 0 Å². The molecule has 2 heteroatoms. The summed E-state index contributed by atoms with van der Waals surface area (Å²) in [6.45, 7) is 3.22. The van der Waals surface area contributed by atoms with Gasteiger partial charge in [-0.05, 0) is 30.5 Å². The quantitative estimate of drug-likeness (QED) is 0.867. The Morgan fingerprint density at radius 1 is 1.35 bits per heavy atom. The summed E-state index contributed by atoms with van der Waals surface area (Å²) in [7, 11) is 0. The summed E-state index contributed by atoms with van der Waals surface area (Å²) in [6, 6.07) is 11.1. The Bertz CT molecular complexity index is 489. The number of furan rings is 1. The van der Waals surface area contributed by atoms with Gasteiger partial charge in [0.1, 0.15) is 0 Å². The van der Waals surface area contributed by atoms with E-state index in [2.05, 4.69) is 36.5 Å². The Labute approximate surface area is 102 Å². The van der Waals surface area contributed by atoms with Gasteiger partial charge in [0.25, 0.3) is 0 Å². The number of hydrogen-bond donors (Lipinski definition) is 1.